The molecule has 1 fully saturated rings. The standard InChI is InChI=1S/C14H22N2O2/c1-3-18-14(7-5-4-6-8-14)12(17)11-13-15-9-10-16(13)2/h9-10H,3-8,11H2,1-2H3. The molecule has 4 heteroatoms. The first kappa shape index (κ1) is 13.3. The number of rotatable bonds is 5. The van der Waals surface area contributed by atoms with Gasteiger partial charge in [0.25, 0.3) is 0 Å². The minimum atomic E-state index is -0.543. The summed E-state index contributed by atoms with van der Waals surface area (Å²) in [5.74, 6) is 1.02. The van der Waals surface area contributed by atoms with E-state index in [1.165, 1.54) is 6.42 Å². The Bertz CT molecular complexity index is 400. The molecule has 1 heterocycles. The van der Waals surface area contributed by atoms with Gasteiger partial charge in [0, 0.05) is 26.0 Å². The van der Waals surface area contributed by atoms with Crippen LogP contribution in [0.4, 0.5) is 0 Å². The molecule has 1 aromatic heterocycles. The zero-order valence-electron chi connectivity index (χ0n) is 11.3. The number of imidazole rings is 1. The summed E-state index contributed by atoms with van der Waals surface area (Å²) in [5, 5.41) is 0. The molecule has 100 valence electrons. The van der Waals surface area contributed by atoms with E-state index in [-0.39, 0.29) is 5.78 Å². The van der Waals surface area contributed by atoms with E-state index in [4.69, 9.17) is 4.74 Å². The highest BCUT2D eigenvalue weighted by Crippen LogP contribution is 2.33. The second-order valence-electron chi connectivity index (χ2n) is 5.04. The molecule has 0 aliphatic heterocycles. The molecule has 1 saturated carbocycles. The van der Waals surface area contributed by atoms with Crippen molar-refractivity contribution in [1.82, 2.24) is 9.55 Å². The van der Waals surface area contributed by atoms with Crippen LogP contribution in [0.2, 0.25) is 0 Å². The fraction of sp³-hybridized carbons (Fsp3) is 0.714. The molecule has 4 nitrogen and oxygen atoms in total. The molecule has 2 rings (SSSR count). The lowest BCUT2D eigenvalue weighted by Gasteiger charge is -2.35. The molecular weight excluding hydrogens is 228 g/mol. The van der Waals surface area contributed by atoms with Gasteiger partial charge in [-0.3, -0.25) is 4.79 Å². The molecule has 0 spiro atoms. The number of hydrogen-bond acceptors (Lipinski definition) is 3. The van der Waals surface area contributed by atoms with Gasteiger partial charge in [-0.1, -0.05) is 19.3 Å². The van der Waals surface area contributed by atoms with Gasteiger partial charge in [-0.05, 0) is 19.8 Å². The molecule has 0 saturated heterocycles. The first-order valence-electron chi connectivity index (χ1n) is 6.81. The number of Topliss-reactive ketones (excluding diaryl/α,β-unsaturated/α-hetero) is 1. The zero-order chi connectivity index (χ0) is 13.0. The van der Waals surface area contributed by atoms with Crippen LogP contribution < -0.4 is 0 Å². The molecular formula is C14H22N2O2. The van der Waals surface area contributed by atoms with E-state index < -0.39 is 5.60 Å². The summed E-state index contributed by atoms with van der Waals surface area (Å²) in [6.07, 6.45) is 9.11. The highest BCUT2D eigenvalue weighted by Gasteiger charge is 2.40. The van der Waals surface area contributed by atoms with Crippen LogP contribution in [0.3, 0.4) is 0 Å². The van der Waals surface area contributed by atoms with Crippen molar-refractivity contribution < 1.29 is 9.53 Å². The minimum absolute atomic E-state index is 0.193. The highest BCUT2D eigenvalue weighted by atomic mass is 16.5. The van der Waals surface area contributed by atoms with E-state index in [0.717, 1.165) is 31.5 Å². The average molecular weight is 250 g/mol. The Morgan fingerprint density at radius 1 is 1.44 bits per heavy atom. The van der Waals surface area contributed by atoms with Crippen molar-refractivity contribution in [3.8, 4) is 0 Å². The van der Waals surface area contributed by atoms with E-state index in [0.29, 0.717) is 13.0 Å². The molecule has 18 heavy (non-hydrogen) atoms. The van der Waals surface area contributed by atoms with Gasteiger partial charge in [-0.25, -0.2) is 4.98 Å². The maximum Gasteiger partial charge on any atom is 0.172 e. The van der Waals surface area contributed by atoms with Gasteiger partial charge < -0.3 is 9.30 Å². The van der Waals surface area contributed by atoms with Crippen LogP contribution in [0.25, 0.3) is 0 Å². The molecule has 0 radical (unpaired) electrons. The zero-order valence-corrected chi connectivity index (χ0v) is 11.3. The largest absolute Gasteiger partial charge is 0.367 e. The SMILES string of the molecule is CCOC1(C(=O)Cc2nccn2C)CCCCC1. The number of ketones is 1. The van der Waals surface area contributed by atoms with Crippen molar-refractivity contribution in [3.05, 3.63) is 18.2 Å². The molecule has 0 bridgehead atoms. The molecule has 0 aromatic carbocycles. The average Bonchev–Trinajstić information content (AvgIpc) is 2.76. The monoisotopic (exact) mass is 250 g/mol. The van der Waals surface area contributed by atoms with Crippen LogP contribution in [-0.4, -0.2) is 27.5 Å². The molecule has 1 aliphatic rings. The third-order valence-corrected chi connectivity index (χ3v) is 3.83. The van der Waals surface area contributed by atoms with Gasteiger partial charge in [0.2, 0.25) is 0 Å². The van der Waals surface area contributed by atoms with Crippen LogP contribution >= 0.6 is 0 Å². The maximum atomic E-state index is 12.6. The Hall–Kier alpha value is -1.16. The Balaban J connectivity index is 2.11. The van der Waals surface area contributed by atoms with Crippen LogP contribution in [0.5, 0.6) is 0 Å². The van der Waals surface area contributed by atoms with Crippen LogP contribution in [0.15, 0.2) is 12.4 Å². The number of ether oxygens (including phenoxy) is 1. The Morgan fingerprint density at radius 2 is 2.17 bits per heavy atom. The molecule has 0 amide bonds. The molecule has 1 aromatic rings. The van der Waals surface area contributed by atoms with E-state index >= 15 is 0 Å². The molecule has 0 N–H and O–H groups in total. The van der Waals surface area contributed by atoms with Crippen molar-refractivity contribution in [2.45, 2.75) is 51.0 Å². The summed E-state index contributed by atoms with van der Waals surface area (Å²) in [7, 11) is 1.92. The summed E-state index contributed by atoms with van der Waals surface area (Å²) >= 11 is 0. The number of carbonyl (C=O) groups excluding carboxylic acids is 1. The first-order chi connectivity index (χ1) is 8.68. The summed E-state index contributed by atoms with van der Waals surface area (Å²) < 4.78 is 7.74. The van der Waals surface area contributed by atoms with Gasteiger partial charge in [-0.15, -0.1) is 0 Å². The third-order valence-electron chi connectivity index (χ3n) is 3.83. The van der Waals surface area contributed by atoms with Crippen LogP contribution in [-0.2, 0) is 23.0 Å². The normalized spacial score (nSPS) is 18.8. The second kappa shape index (κ2) is 5.65. The van der Waals surface area contributed by atoms with Crippen molar-refractivity contribution in [1.29, 1.82) is 0 Å². The predicted octanol–water partition coefficient (Wildman–Crippen LogP) is 2.27. The Labute approximate surface area is 108 Å². The van der Waals surface area contributed by atoms with E-state index in [1.807, 2.05) is 24.7 Å². The van der Waals surface area contributed by atoms with Crippen LogP contribution in [0.1, 0.15) is 44.9 Å². The maximum absolute atomic E-state index is 12.6. The van der Waals surface area contributed by atoms with Gasteiger partial charge in [0.1, 0.15) is 11.4 Å². The Morgan fingerprint density at radius 3 is 2.72 bits per heavy atom. The molecule has 0 atom stereocenters. The van der Waals surface area contributed by atoms with Crippen molar-refractivity contribution in [2.24, 2.45) is 7.05 Å². The van der Waals surface area contributed by atoms with E-state index in [2.05, 4.69) is 4.98 Å². The lowest BCUT2D eigenvalue weighted by molar-refractivity contribution is -0.148. The van der Waals surface area contributed by atoms with E-state index in [1.54, 1.807) is 6.20 Å². The number of carbonyl (C=O) groups is 1. The minimum Gasteiger partial charge on any atom is -0.367 e. The van der Waals surface area contributed by atoms with Gasteiger partial charge in [0.15, 0.2) is 5.78 Å². The van der Waals surface area contributed by atoms with Crippen molar-refractivity contribution in [2.75, 3.05) is 6.61 Å². The van der Waals surface area contributed by atoms with Gasteiger partial charge in [0.05, 0.1) is 6.42 Å². The van der Waals surface area contributed by atoms with E-state index in [9.17, 15) is 4.79 Å². The molecule has 0 unspecified atom stereocenters. The second-order valence-corrected chi connectivity index (χ2v) is 5.04. The number of hydrogen-bond donors (Lipinski definition) is 0. The van der Waals surface area contributed by atoms with Crippen molar-refractivity contribution in [3.63, 3.8) is 0 Å². The quantitative estimate of drug-likeness (QED) is 0.805. The fourth-order valence-electron chi connectivity index (χ4n) is 2.77. The first-order valence-corrected chi connectivity index (χ1v) is 6.81. The van der Waals surface area contributed by atoms with Crippen LogP contribution in [0, 0.1) is 0 Å². The number of nitrogens with zero attached hydrogens (tertiary/aromatic N) is 2. The lowest BCUT2D eigenvalue weighted by Crippen LogP contribution is -2.44. The fourth-order valence-corrected chi connectivity index (χ4v) is 2.77. The van der Waals surface area contributed by atoms with Gasteiger partial charge in [-0.2, -0.15) is 0 Å². The predicted molar refractivity (Wildman–Crippen MR) is 69.4 cm³/mol. The lowest BCUT2D eigenvalue weighted by atomic mass is 9.80. The summed E-state index contributed by atoms with van der Waals surface area (Å²) in [6.45, 7) is 2.57. The molecule has 1 aliphatic carbocycles. The summed E-state index contributed by atoms with van der Waals surface area (Å²) in [4.78, 5) is 16.8. The highest BCUT2D eigenvalue weighted by molar-refractivity contribution is 5.88. The topological polar surface area (TPSA) is 44.1 Å². The smallest absolute Gasteiger partial charge is 0.172 e. The summed E-state index contributed by atoms with van der Waals surface area (Å²) in [5.41, 5.74) is -0.543. The third kappa shape index (κ3) is 2.64. The number of aryl methyl sites for hydroxylation is 1. The number of aromatic nitrogens is 2. The summed E-state index contributed by atoms with van der Waals surface area (Å²) in [6, 6.07) is 0. The Kier molecular flexibility index (Phi) is 4.17. The van der Waals surface area contributed by atoms with Gasteiger partial charge >= 0.3 is 0 Å². The van der Waals surface area contributed by atoms with Crippen molar-refractivity contribution >= 4 is 5.78 Å².